The maximum Gasteiger partial charge on any atom is 0.224 e. The number of halogens is 2. The molecule has 2 rings (SSSR count). The standard InChI is InChI=1S/C12H11Cl2N3/c1-8(9-5-3-2-4-6-9)16-11-10(13)7-15-12(14)17-11/h2-8H,1H3,(H,15,16,17)/t8-/m0/s1. The van der Waals surface area contributed by atoms with Crippen LogP contribution in [-0.2, 0) is 0 Å². The minimum absolute atomic E-state index is 0.0969. The summed E-state index contributed by atoms with van der Waals surface area (Å²) in [5, 5.41) is 3.83. The van der Waals surface area contributed by atoms with Crippen molar-refractivity contribution >= 4 is 29.0 Å². The highest BCUT2D eigenvalue weighted by Gasteiger charge is 2.09. The van der Waals surface area contributed by atoms with Crippen LogP contribution in [0.5, 0.6) is 0 Å². The smallest absolute Gasteiger partial charge is 0.224 e. The third kappa shape index (κ3) is 3.08. The van der Waals surface area contributed by atoms with Gasteiger partial charge in [0, 0.05) is 6.04 Å². The summed E-state index contributed by atoms with van der Waals surface area (Å²) in [6, 6.07) is 10.1. The van der Waals surface area contributed by atoms with Gasteiger partial charge in [0.15, 0.2) is 0 Å². The second-order valence-electron chi connectivity index (χ2n) is 3.61. The third-order valence-corrected chi connectivity index (χ3v) is 2.83. The largest absolute Gasteiger partial charge is 0.362 e. The average molecular weight is 268 g/mol. The molecule has 1 N–H and O–H groups in total. The van der Waals surface area contributed by atoms with Crippen molar-refractivity contribution in [1.82, 2.24) is 9.97 Å². The Kier molecular flexibility index (Phi) is 3.82. The van der Waals surface area contributed by atoms with Gasteiger partial charge in [0.25, 0.3) is 0 Å². The van der Waals surface area contributed by atoms with Crippen molar-refractivity contribution in [1.29, 1.82) is 0 Å². The molecule has 3 nitrogen and oxygen atoms in total. The lowest BCUT2D eigenvalue weighted by Crippen LogP contribution is -2.08. The molecule has 0 aliphatic rings. The Bertz CT molecular complexity index is 502. The number of nitrogens with one attached hydrogen (secondary N) is 1. The predicted molar refractivity (Wildman–Crippen MR) is 70.5 cm³/mol. The average Bonchev–Trinajstić information content (AvgIpc) is 2.35. The summed E-state index contributed by atoms with van der Waals surface area (Å²) in [5.41, 5.74) is 1.15. The van der Waals surface area contributed by atoms with E-state index in [9.17, 15) is 0 Å². The molecule has 0 aliphatic carbocycles. The molecule has 1 aromatic carbocycles. The molecule has 0 fully saturated rings. The number of aromatic nitrogens is 2. The number of anilines is 1. The first kappa shape index (κ1) is 12.1. The zero-order valence-corrected chi connectivity index (χ0v) is 10.7. The molecule has 0 saturated heterocycles. The van der Waals surface area contributed by atoms with Crippen molar-refractivity contribution in [2.45, 2.75) is 13.0 Å². The van der Waals surface area contributed by atoms with E-state index in [1.807, 2.05) is 37.3 Å². The van der Waals surface area contributed by atoms with Crippen LogP contribution in [0.15, 0.2) is 36.5 Å². The fourth-order valence-electron chi connectivity index (χ4n) is 1.48. The number of nitrogens with zero attached hydrogens (tertiary/aromatic N) is 2. The van der Waals surface area contributed by atoms with Crippen LogP contribution in [0.3, 0.4) is 0 Å². The first-order valence-corrected chi connectivity index (χ1v) is 5.92. The Hall–Kier alpha value is -1.32. The minimum Gasteiger partial charge on any atom is -0.362 e. The summed E-state index contributed by atoms with van der Waals surface area (Å²) in [5.74, 6) is 0.544. The molecular weight excluding hydrogens is 257 g/mol. The lowest BCUT2D eigenvalue weighted by Gasteiger charge is -2.15. The third-order valence-electron chi connectivity index (χ3n) is 2.37. The molecule has 1 atom stereocenters. The topological polar surface area (TPSA) is 37.8 Å². The van der Waals surface area contributed by atoms with Gasteiger partial charge in [-0.15, -0.1) is 0 Å². The highest BCUT2D eigenvalue weighted by atomic mass is 35.5. The normalized spacial score (nSPS) is 12.2. The van der Waals surface area contributed by atoms with E-state index in [1.54, 1.807) is 0 Å². The van der Waals surface area contributed by atoms with Gasteiger partial charge in [-0.3, -0.25) is 0 Å². The number of hydrogen-bond donors (Lipinski definition) is 1. The van der Waals surface area contributed by atoms with Crippen molar-refractivity contribution in [2.24, 2.45) is 0 Å². The van der Waals surface area contributed by atoms with Crippen molar-refractivity contribution in [3.05, 3.63) is 52.4 Å². The highest BCUT2D eigenvalue weighted by molar-refractivity contribution is 6.33. The van der Waals surface area contributed by atoms with Crippen molar-refractivity contribution in [2.75, 3.05) is 5.32 Å². The van der Waals surface area contributed by atoms with Crippen LogP contribution in [0.25, 0.3) is 0 Å². The molecule has 1 heterocycles. The van der Waals surface area contributed by atoms with E-state index in [4.69, 9.17) is 23.2 Å². The van der Waals surface area contributed by atoms with Gasteiger partial charge in [-0.25, -0.2) is 4.98 Å². The number of benzene rings is 1. The van der Waals surface area contributed by atoms with E-state index >= 15 is 0 Å². The maximum absolute atomic E-state index is 5.98. The predicted octanol–water partition coefficient (Wildman–Crippen LogP) is 3.96. The summed E-state index contributed by atoms with van der Waals surface area (Å²) in [6.45, 7) is 2.03. The molecule has 1 aromatic heterocycles. The molecule has 0 aliphatic heterocycles. The Morgan fingerprint density at radius 3 is 2.59 bits per heavy atom. The van der Waals surface area contributed by atoms with Crippen molar-refractivity contribution < 1.29 is 0 Å². The fourth-order valence-corrected chi connectivity index (χ4v) is 1.76. The van der Waals surface area contributed by atoms with E-state index in [0.717, 1.165) is 5.56 Å². The van der Waals surface area contributed by atoms with Gasteiger partial charge >= 0.3 is 0 Å². The SMILES string of the molecule is C[C@H](Nc1nc(Cl)ncc1Cl)c1ccccc1. The second-order valence-corrected chi connectivity index (χ2v) is 4.36. The zero-order chi connectivity index (χ0) is 12.3. The van der Waals surface area contributed by atoms with Crippen LogP contribution < -0.4 is 5.32 Å². The van der Waals surface area contributed by atoms with Crippen molar-refractivity contribution in [3.63, 3.8) is 0 Å². The molecule has 0 unspecified atom stereocenters. The molecule has 17 heavy (non-hydrogen) atoms. The van der Waals surface area contributed by atoms with Crippen LogP contribution in [0, 0.1) is 0 Å². The maximum atomic E-state index is 5.98. The van der Waals surface area contributed by atoms with Crippen LogP contribution >= 0.6 is 23.2 Å². The Morgan fingerprint density at radius 2 is 1.88 bits per heavy atom. The molecule has 88 valence electrons. The van der Waals surface area contributed by atoms with Gasteiger partial charge in [0.1, 0.15) is 10.8 Å². The summed E-state index contributed by atoms with van der Waals surface area (Å²) in [4.78, 5) is 7.85. The molecule has 0 bridgehead atoms. The first-order chi connectivity index (χ1) is 8.16. The summed E-state index contributed by atoms with van der Waals surface area (Å²) >= 11 is 11.7. The minimum atomic E-state index is 0.0969. The molecule has 2 aromatic rings. The Morgan fingerprint density at radius 1 is 1.18 bits per heavy atom. The Balaban J connectivity index is 2.18. The summed E-state index contributed by atoms with van der Waals surface area (Å²) < 4.78 is 0. The van der Waals surface area contributed by atoms with Crippen molar-refractivity contribution in [3.8, 4) is 0 Å². The van der Waals surface area contributed by atoms with E-state index < -0.39 is 0 Å². The van der Waals surface area contributed by atoms with Crippen LogP contribution in [0.1, 0.15) is 18.5 Å². The molecule has 0 saturated carbocycles. The first-order valence-electron chi connectivity index (χ1n) is 5.16. The van der Waals surface area contributed by atoms with Crippen LogP contribution in [-0.4, -0.2) is 9.97 Å². The highest BCUT2D eigenvalue weighted by Crippen LogP contribution is 2.24. The van der Waals surface area contributed by atoms with Crippen LogP contribution in [0.4, 0.5) is 5.82 Å². The summed E-state index contributed by atoms with van der Waals surface area (Å²) in [7, 11) is 0. The van der Waals surface area contributed by atoms with Gasteiger partial charge in [0.05, 0.1) is 6.20 Å². The van der Waals surface area contributed by atoms with Gasteiger partial charge in [-0.2, -0.15) is 4.98 Å². The van der Waals surface area contributed by atoms with Gasteiger partial charge < -0.3 is 5.32 Å². The molecule has 5 heteroatoms. The van der Waals surface area contributed by atoms with Gasteiger partial charge in [0.2, 0.25) is 5.28 Å². The monoisotopic (exact) mass is 267 g/mol. The summed E-state index contributed by atoms with van der Waals surface area (Å²) in [6.07, 6.45) is 1.48. The van der Waals surface area contributed by atoms with Gasteiger partial charge in [-0.1, -0.05) is 41.9 Å². The molecule has 0 radical (unpaired) electrons. The Labute approximate surface area is 110 Å². The van der Waals surface area contributed by atoms with Crippen LogP contribution in [0.2, 0.25) is 10.3 Å². The number of hydrogen-bond acceptors (Lipinski definition) is 3. The number of rotatable bonds is 3. The molecular formula is C12H11Cl2N3. The fraction of sp³-hybridized carbons (Fsp3) is 0.167. The lowest BCUT2D eigenvalue weighted by molar-refractivity contribution is 0.872. The second kappa shape index (κ2) is 5.34. The molecule has 0 amide bonds. The lowest BCUT2D eigenvalue weighted by atomic mass is 10.1. The van der Waals surface area contributed by atoms with E-state index in [1.165, 1.54) is 6.20 Å². The van der Waals surface area contributed by atoms with E-state index in [-0.39, 0.29) is 11.3 Å². The van der Waals surface area contributed by atoms with E-state index in [0.29, 0.717) is 10.8 Å². The van der Waals surface area contributed by atoms with Gasteiger partial charge in [-0.05, 0) is 24.1 Å². The van der Waals surface area contributed by atoms with E-state index in [2.05, 4.69) is 15.3 Å². The zero-order valence-electron chi connectivity index (χ0n) is 9.19. The quantitative estimate of drug-likeness (QED) is 0.856. The molecule has 0 spiro atoms.